The van der Waals surface area contributed by atoms with Gasteiger partial charge >= 0.3 is 5.69 Å². The first-order valence-corrected chi connectivity index (χ1v) is 10.2. The lowest BCUT2D eigenvalue weighted by Crippen LogP contribution is -2.37. The zero-order valence-electron chi connectivity index (χ0n) is 18.1. The Labute approximate surface area is 187 Å². The van der Waals surface area contributed by atoms with E-state index in [4.69, 9.17) is 4.98 Å². The number of aromatic nitrogens is 4. The monoisotopic (exact) mass is 439 g/mol. The highest BCUT2D eigenvalue weighted by molar-refractivity contribution is 6.04. The summed E-state index contributed by atoms with van der Waals surface area (Å²) in [4.78, 5) is 33.9. The van der Waals surface area contributed by atoms with E-state index in [0.717, 1.165) is 21.2 Å². The summed E-state index contributed by atoms with van der Waals surface area (Å²) in [6.07, 6.45) is 0. The van der Waals surface area contributed by atoms with Crippen LogP contribution in [0.15, 0.2) is 58.1 Å². The quantitative estimate of drug-likeness (QED) is 0.453. The molecule has 0 saturated heterocycles. The van der Waals surface area contributed by atoms with Crippen LogP contribution in [0, 0.1) is 24.1 Å². The topological polar surface area (TPSA) is 96.5 Å². The van der Waals surface area contributed by atoms with Gasteiger partial charge in [0.2, 0.25) is 0 Å². The SMILES string of the molecule is Cc1[nH]c2ccccc2c1-c1nc2c(c(-c3ccc(F)cc3)c1C#N)c(=O)n(C)c(=O)n2C. The summed E-state index contributed by atoms with van der Waals surface area (Å²) in [5, 5.41) is 11.3. The van der Waals surface area contributed by atoms with Crippen molar-refractivity contribution in [1.82, 2.24) is 19.1 Å². The first-order chi connectivity index (χ1) is 15.8. The highest BCUT2D eigenvalue weighted by Crippen LogP contribution is 2.39. The molecule has 5 aromatic rings. The van der Waals surface area contributed by atoms with Gasteiger partial charge in [-0.15, -0.1) is 0 Å². The molecule has 1 N–H and O–H groups in total. The molecule has 0 spiro atoms. The second kappa shape index (κ2) is 7.28. The Bertz CT molecular complexity index is 1750. The smallest absolute Gasteiger partial charge is 0.332 e. The van der Waals surface area contributed by atoms with Crippen LogP contribution in [0.25, 0.3) is 44.3 Å². The van der Waals surface area contributed by atoms with Crippen LogP contribution in [0.3, 0.4) is 0 Å². The van der Waals surface area contributed by atoms with Crippen LogP contribution in [-0.4, -0.2) is 19.1 Å². The van der Waals surface area contributed by atoms with E-state index < -0.39 is 17.1 Å². The van der Waals surface area contributed by atoms with Crippen molar-refractivity contribution in [2.24, 2.45) is 14.1 Å². The summed E-state index contributed by atoms with van der Waals surface area (Å²) in [6, 6.07) is 15.4. The van der Waals surface area contributed by atoms with Crippen LogP contribution in [0.1, 0.15) is 11.3 Å². The van der Waals surface area contributed by atoms with Gasteiger partial charge < -0.3 is 4.98 Å². The first-order valence-electron chi connectivity index (χ1n) is 10.2. The zero-order valence-corrected chi connectivity index (χ0v) is 18.1. The third-order valence-corrected chi connectivity index (χ3v) is 5.96. The molecule has 162 valence electrons. The lowest BCUT2D eigenvalue weighted by atomic mass is 9.93. The predicted octanol–water partition coefficient (Wildman–Crippen LogP) is 3.77. The number of halogens is 1. The molecule has 0 aliphatic heterocycles. The number of aryl methyl sites for hydroxylation is 2. The van der Waals surface area contributed by atoms with Gasteiger partial charge in [-0.3, -0.25) is 13.9 Å². The van der Waals surface area contributed by atoms with E-state index in [0.29, 0.717) is 22.4 Å². The van der Waals surface area contributed by atoms with Gasteiger partial charge in [-0.25, -0.2) is 14.2 Å². The molecule has 0 unspecified atom stereocenters. The van der Waals surface area contributed by atoms with E-state index in [2.05, 4.69) is 11.1 Å². The first kappa shape index (κ1) is 20.4. The number of aromatic amines is 1. The van der Waals surface area contributed by atoms with Gasteiger partial charge in [0, 0.05) is 41.8 Å². The summed E-state index contributed by atoms with van der Waals surface area (Å²) in [5.74, 6) is -0.441. The third kappa shape index (κ3) is 2.90. The highest BCUT2D eigenvalue weighted by Gasteiger charge is 2.25. The number of fused-ring (bicyclic) bond motifs is 2. The van der Waals surface area contributed by atoms with Crippen molar-refractivity contribution in [2.75, 3.05) is 0 Å². The van der Waals surface area contributed by atoms with Crippen LogP contribution in [0.2, 0.25) is 0 Å². The zero-order chi connectivity index (χ0) is 23.4. The Morgan fingerprint density at radius 3 is 2.39 bits per heavy atom. The van der Waals surface area contributed by atoms with Crippen molar-refractivity contribution in [3.63, 3.8) is 0 Å². The third-order valence-electron chi connectivity index (χ3n) is 5.96. The molecule has 2 aromatic carbocycles. The number of hydrogen-bond acceptors (Lipinski definition) is 4. The normalized spacial score (nSPS) is 11.2. The number of pyridine rings is 1. The van der Waals surface area contributed by atoms with E-state index in [1.807, 2.05) is 31.2 Å². The molecule has 0 amide bonds. The Hall–Kier alpha value is -4.51. The van der Waals surface area contributed by atoms with Crippen LogP contribution >= 0.6 is 0 Å². The van der Waals surface area contributed by atoms with E-state index in [1.165, 1.54) is 42.9 Å². The van der Waals surface area contributed by atoms with Gasteiger partial charge in [0.05, 0.1) is 16.6 Å². The number of rotatable bonds is 2. The van der Waals surface area contributed by atoms with Gasteiger partial charge in [-0.05, 0) is 30.7 Å². The van der Waals surface area contributed by atoms with Crippen LogP contribution < -0.4 is 11.2 Å². The Morgan fingerprint density at radius 1 is 1.00 bits per heavy atom. The Morgan fingerprint density at radius 2 is 1.70 bits per heavy atom. The van der Waals surface area contributed by atoms with E-state index in [-0.39, 0.29) is 16.6 Å². The molecule has 3 aromatic heterocycles. The molecule has 3 heterocycles. The van der Waals surface area contributed by atoms with Crippen molar-refractivity contribution < 1.29 is 4.39 Å². The lowest BCUT2D eigenvalue weighted by Gasteiger charge is -2.16. The number of nitrogens with zero attached hydrogens (tertiary/aromatic N) is 4. The molecule has 33 heavy (non-hydrogen) atoms. The number of nitriles is 1. The van der Waals surface area contributed by atoms with E-state index in [9.17, 15) is 19.2 Å². The standard InChI is InChI=1S/C25H18FN5O2/c1-13-19(16-6-4-5-7-18(16)28-13)22-17(12-27)20(14-8-10-15(26)11-9-14)21-23(29-22)30(2)25(33)31(3)24(21)32/h4-11,28H,1-3H3. The van der Waals surface area contributed by atoms with Crippen molar-refractivity contribution in [1.29, 1.82) is 5.26 Å². The van der Waals surface area contributed by atoms with Crippen molar-refractivity contribution in [3.8, 4) is 28.5 Å². The van der Waals surface area contributed by atoms with Gasteiger partial charge in [0.1, 0.15) is 11.9 Å². The fourth-order valence-electron chi connectivity index (χ4n) is 4.37. The molecular weight excluding hydrogens is 421 g/mol. The molecule has 0 bridgehead atoms. The maximum atomic E-state index is 13.7. The number of H-pyrrole nitrogens is 1. The van der Waals surface area contributed by atoms with Crippen LogP contribution in [-0.2, 0) is 14.1 Å². The number of nitrogens with one attached hydrogen (secondary N) is 1. The van der Waals surface area contributed by atoms with Crippen LogP contribution in [0.5, 0.6) is 0 Å². The minimum Gasteiger partial charge on any atom is -0.358 e. The number of hydrogen-bond donors (Lipinski definition) is 1. The highest BCUT2D eigenvalue weighted by atomic mass is 19.1. The minimum atomic E-state index is -0.571. The maximum absolute atomic E-state index is 13.7. The van der Waals surface area contributed by atoms with Gasteiger partial charge in [-0.2, -0.15) is 5.26 Å². The largest absolute Gasteiger partial charge is 0.358 e. The average Bonchev–Trinajstić information content (AvgIpc) is 3.16. The molecule has 0 atom stereocenters. The summed E-state index contributed by atoms with van der Waals surface area (Å²) in [7, 11) is 2.91. The van der Waals surface area contributed by atoms with Gasteiger partial charge in [-0.1, -0.05) is 30.3 Å². The predicted molar refractivity (Wildman–Crippen MR) is 124 cm³/mol. The van der Waals surface area contributed by atoms with E-state index in [1.54, 1.807) is 0 Å². The molecule has 0 aliphatic rings. The molecule has 0 radical (unpaired) electrons. The summed E-state index contributed by atoms with van der Waals surface area (Å²) < 4.78 is 16.0. The second-order valence-corrected chi connectivity index (χ2v) is 7.90. The average molecular weight is 439 g/mol. The summed E-state index contributed by atoms with van der Waals surface area (Å²) in [5.41, 5.74) is 2.75. The number of para-hydroxylation sites is 1. The van der Waals surface area contributed by atoms with Crippen LogP contribution in [0.4, 0.5) is 4.39 Å². The second-order valence-electron chi connectivity index (χ2n) is 7.90. The summed E-state index contributed by atoms with van der Waals surface area (Å²) in [6.45, 7) is 1.88. The Balaban J connectivity index is 2.07. The van der Waals surface area contributed by atoms with Crippen molar-refractivity contribution >= 4 is 21.9 Å². The fraction of sp³-hybridized carbons (Fsp3) is 0.120. The molecule has 0 aliphatic carbocycles. The molecule has 7 nitrogen and oxygen atoms in total. The fourth-order valence-corrected chi connectivity index (χ4v) is 4.37. The molecule has 0 saturated carbocycles. The van der Waals surface area contributed by atoms with E-state index >= 15 is 0 Å². The molecule has 5 rings (SSSR count). The summed E-state index contributed by atoms with van der Waals surface area (Å²) >= 11 is 0. The molecular formula is C25H18FN5O2. The molecule has 0 fully saturated rings. The van der Waals surface area contributed by atoms with Crippen molar-refractivity contribution in [3.05, 3.63) is 86.4 Å². The minimum absolute atomic E-state index is 0.129. The van der Waals surface area contributed by atoms with Gasteiger partial charge in [0.25, 0.3) is 5.56 Å². The number of benzene rings is 2. The molecule has 8 heteroatoms. The Kier molecular flexibility index (Phi) is 4.50. The van der Waals surface area contributed by atoms with Gasteiger partial charge in [0.15, 0.2) is 5.65 Å². The van der Waals surface area contributed by atoms with Crippen molar-refractivity contribution in [2.45, 2.75) is 6.92 Å². The lowest BCUT2D eigenvalue weighted by molar-refractivity contribution is 0.628. The maximum Gasteiger partial charge on any atom is 0.332 e.